The number of benzene rings is 1. The molecule has 1 rings (SSSR count). The van der Waals surface area contributed by atoms with Crippen LogP contribution in [0.4, 0.5) is 8.78 Å². The second-order valence-electron chi connectivity index (χ2n) is 3.03. The van der Waals surface area contributed by atoms with Crippen molar-refractivity contribution in [2.75, 3.05) is 6.61 Å². The van der Waals surface area contributed by atoms with Gasteiger partial charge in [-0.3, -0.25) is 4.79 Å². The molecular weight excluding hydrogens is 202 g/mol. The van der Waals surface area contributed by atoms with Gasteiger partial charge < -0.3 is 4.74 Å². The van der Waals surface area contributed by atoms with Gasteiger partial charge in [-0.25, -0.2) is 8.78 Å². The third kappa shape index (κ3) is 2.52. The Balaban J connectivity index is 3.09. The summed E-state index contributed by atoms with van der Waals surface area (Å²) in [5, 5.41) is 0. The molecule has 0 saturated heterocycles. The lowest BCUT2D eigenvalue weighted by molar-refractivity contribution is 0.0677. The second kappa shape index (κ2) is 4.87. The quantitative estimate of drug-likeness (QED) is 0.720. The zero-order valence-corrected chi connectivity index (χ0v) is 8.59. The first-order valence-corrected chi connectivity index (χ1v) is 4.62. The van der Waals surface area contributed by atoms with E-state index in [0.717, 1.165) is 0 Å². The zero-order chi connectivity index (χ0) is 11.4. The summed E-state index contributed by atoms with van der Waals surface area (Å²) in [6, 6.07) is 4.57. The Bertz CT molecular complexity index is 362. The van der Waals surface area contributed by atoms with Crippen LogP contribution >= 0.6 is 0 Å². The van der Waals surface area contributed by atoms with E-state index in [-0.39, 0.29) is 5.56 Å². The van der Waals surface area contributed by atoms with Gasteiger partial charge in [0.25, 0.3) is 0 Å². The van der Waals surface area contributed by atoms with E-state index >= 15 is 0 Å². The molecule has 0 heterocycles. The number of Topliss-reactive ketones (excluding diaryl/α,β-unsaturated/α-hetero) is 1. The van der Waals surface area contributed by atoms with Crippen LogP contribution < -0.4 is 4.74 Å². The van der Waals surface area contributed by atoms with Crippen molar-refractivity contribution < 1.29 is 18.3 Å². The molecule has 0 radical (unpaired) electrons. The van der Waals surface area contributed by atoms with Crippen LogP contribution in [0.3, 0.4) is 0 Å². The molecular formula is C11H12F2O2. The van der Waals surface area contributed by atoms with Crippen LogP contribution in [-0.2, 0) is 0 Å². The van der Waals surface area contributed by atoms with Crippen molar-refractivity contribution in [2.24, 2.45) is 0 Å². The molecule has 0 spiro atoms. The minimum absolute atomic E-state index is 0.0240. The van der Waals surface area contributed by atoms with E-state index in [0.29, 0.717) is 17.9 Å². The number of ketones is 1. The number of halogens is 2. The minimum atomic E-state index is -2.97. The largest absolute Gasteiger partial charge is 0.494 e. The lowest BCUT2D eigenvalue weighted by Gasteiger charge is -2.10. The molecule has 0 aliphatic carbocycles. The topological polar surface area (TPSA) is 26.3 Å². The summed E-state index contributed by atoms with van der Waals surface area (Å²) in [7, 11) is 0. The van der Waals surface area contributed by atoms with Gasteiger partial charge in [0.15, 0.2) is 0 Å². The van der Waals surface area contributed by atoms with Crippen LogP contribution in [0.5, 0.6) is 5.75 Å². The number of hydrogen-bond acceptors (Lipinski definition) is 2. The smallest absolute Gasteiger partial charge is 0.300 e. The monoisotopic (exact) mass is 214 g/mol. The van der Waals surface area contributed by atoms with Crippen molar-refractivity contribution >= 4 is 5.78 Å². The third-order valence-corrected chi connectivity index (χ3v) is 2.05. The molecule has 0 aromatic heterocycles. The molecule has 0 amide bonds. The highest BCUT2D eigenvalue weighted by Crippen LogP contribution is 2.23. The van der Waals surface area contributed by atoms with Gasteiger partial charge in [-0.2, -0.15) is 0 Å². The highest BCUT2D eigenvalue weighted by molar-refractivity contribution is 6.00. The van der Waals surface area contributed by atoms with Gasteiger partial charge in [-0.15, -0.1) is 0 Å². The molecule has 0 fully saturated rings. The standard InChI is InChI=1S/C11H12F2O2/c1-3-15-9-6-4-5-8(7(9)2)10(14)11(12)13/h4-6,11H,3H2,1-2H3. The summed E-state index contributed by atoms with van der Waals surface area (Å²) < 4.78 is 29.7. The Kier molecular flexibility index (Phi) is 3.77. The van der Waals surface area contributed by atoms with E-state index in [4.69, 9.17) is 4.74 Å². The van der Waals surface area contributed by atoms with Crippen LogP contribution in [0, 0.1) is 6.92 Å². The SMILES string of the molecule is CCOc1cccc(C(=O)C(F)F)c1C. The van der Waals surface area contributed by atoms with Gasteiger partial charge in [0.05, 0.1) is 6.61 Å². The first-order chi connectivity index (χ1) is 7.07. The molecule has 1 aromatic rings. The van der Waals surface area contributed by atoms with Gasteiger partial charge in [0.2, 0.25) is 5.78 Å². The first-order valence-electron chi connectivity index (χ1n) is 4.62. The normalized spacial score (nSPS) is 10.5. The maximum absolute atomic E-state index is 12.2. The van der Waals surface area contributed by atoms with Crippen molar-refractivity contribution in [2.45, 2.75) is 20.3 Å². The molecule has 4 heteroatoms. The molecule has 1 aromatic carbocycles. The van der Waals surface area contributed by atoms with Gasteiger partial charge >= 0.3 is 6.43 Å². The van der Waals surface area contributed by atoms with Gasteiger partial charge in [-0.05, 0) is 19.9 Å². The third-order valence-electron chi connectivity index (χ3n) is 2.05. The molecule has 0 unspecified atom stereocenters. The van der Waals surface area contributed by atoms with Crippen molar-refractivity contribution in [3.05, 3.63) is 29.3 Å². The van der Waals surface area contributed by atoms with Crippen LogP contribution in [0.25, 0.3) is 0 Å². The predicted octanol–water partition coefficient (Wildman–Crippen LogP) is 2.84. The average Bonchev–Trinajstić information content (AvgIpc) is 2.20. The maximum atomic E-state index is 12.2. The Morgan fingerprint density at radius 3 is 2.67 bits per heavy atom. The zero-order valence-electron chi connectivity index (χ0n) is 8.59. The van der Waals surface area contributed by atoms with E-state index in [9.17, 15) is 13.6 Å². The first kappa shape index (κ1) is 11.6. The highest BCUT2D eigenvalue weighted by Gasteiger charge is 2.20. The fraction of sp³-hybridized carbons (Fsp3) is 0.364. The van der Waals surface area contributed by atoms with Crippen LogP contribution in [-0.4, -0.2) is 18.8 Å². The highest BCUT2D eigenvalue weighted by atomic mass is 19.3. The van der Waals surface area contributed by atoms with Crippen molar-refractivity contribution in [1.82, 2.24) is 0 Å². The lowest BCUT2D eigenvalue weighted by Crippen LogP contribution is -2.12. The molecule has 82 valence electrons. The summed E-state index contributed by atoms with van der Waals surface area (Å²) in [5.74, 6) is -0.682. The number of carbonyl (C=O) groups is 1. The second-order valence-corrected chi connectivity index (χ2v) is 3.03. The lowest BCUT2D eigenvalue weighted by atomic mass is 10.0. The molecule has 2 nitrogen and oxygen atoms in total. The van der Waals surface area contributed by atoms with Gasteiger partial charge in [-0.1, -0.05) is 12.1 Å². The number of carbonyl (C=O) groups excluding carboxylic acids is 1. The maximum Gasteiger partial charge on any atom is 0.300 e. The number of alkyl halides is 2. The Hall–Kier alpha value is -1.45. The average molecular weight is 214 g/mol. The fourth-order valence-corrected chi connectivity index (χ4v) is 1.31. The van der Waals surface area contributed by atoms with E-state index in [1.807, 2.05) is 0 Å². The summed E-state index contributed by atoms with van der Waals surface area (Å²) in [4.78, 5) is 11.1. The van der Waals surface area contributed by atoms with Crippen LogP contribution in [0.2, 0.25) is 0 Å². The van der Waals surface area contributed by atoms with Crippen molar-refractivity contribution in [1.29, 1.82) is 0 Å². The summed E-state index contributed by atoms with van der Waals surface area (Å²) >= 11 is 0. The molecule has 0 saturated carbocycles. The molecule has 0 aliphatic rings. The van der Waals surface area contributed by atoms with Crippen LogP contribution in [0.1, 0.15) is 22.8 Å². The Morgan fingerprint density at radius 2 is 2.13 bits per heavy atom. The van der Waals surface area contributed by atoms with E-state index in [1.165, 1.54) is 12.1 Å². The number of hydrogen-bond donors (Lipinski definition) is 0. The number of ether oxygens (including phenoxy) is 1. The Labute approximate surface area is 86.9 Å². The molecule has 0 bridgehead atoms. The van der Waals surface area contributed by atoms with Gasteiger partial charge in [0.1, 0.15) is 5.75 Å². The molecule has 0 aliphatic heterocycles. The van der Waals surface area contributed by atoms with E-state index in [2.05, 4.69) is 0 Å². The number of rotatable bonds is 4. The van der Waals surface area contributed by atoms with E-state index < -0.39 is 12.2 Å². The van der Waals surface area contributed by atoms with Gasteiger partial charge in [0, 0.05) is 11.1 Å². The van der Waals surface area contributed by atoms with Crippen molar-refractivity contribution in [3.63, 3.8) is 0 Å². The minimum Gasteiger partial charge on any atom is -0.494 e. The Morgan fingerprint density at radius 1 is 1.47 bits per heavy atom. The fourth-order valence-electron chi connectivity index (χ4n) is 1.31. The summed E-state index contributed by atoms with van der Waals surface area (Å²) in [5.41, 5.74) is 0.487. The molecule has 0 atom stereocenters. The van der Waals surface area contributed by atoms with Crippen LogP contribution in [0.15, 0.2) is 18.2 Å². The summed E-state index contributed by atoms with van der Waals surface area (Å²) in [6.45, 7) is 3.83. The van der Waals surface area contributed by atoms with Crippen molar-refractivity contribution in [3.8, 4) is 5.75 Å². The molecule has 0 N–H and O–H groups in total. The summed E-state index contributed by atoms with van der Waals surface area (Å²) in [6.07, 6.45) is -2.97. The predicted molar refractivity (Wildman–Crippen MR) is 52.7 cm³/mol. The molecule has 15 heavy (non-hydrogen) atoms. The van der Waals surface area contributed by atoms with E-state index in [1.54, 1.807) is 19.9 Å².